The number of rotatable bonds is 6. The van der Waals surface area contributed by atoms with Crippen LogP contribution in [-0.2, 0) is 6.42 Å². The number of hydrogen-bond acceptors (Lipinski definition) is 2. The van der Waals surface area contributed by atoms with Crippen molar-refractivity contribution < 1.29 is 0 Å². The molecule has 0 bridgehead atoms. The van der Waals surface area contributed by atoms with Gasteiger partial charge in [0.25, 0.3) is 0 Å². The van der Waals surface area contributed by atoms with Crippen molar-refractivity contribution in [3.8, 4) is 0 Å². The summed E-state index contributed by atoms with van der Waals surface area (Å²) < 4.78 is 0. The monoisotopic (exact) mass is 664 g/mol. The second-order valence-electron chi connectivity index (χ2n) is 13.7. The van der Waals surface area contributed by atoms with Crippen LogP contribution in [0.3, 0.4) is 0 Å². The number of hydrogen-bond donors (Lipinski definition) is 0. The Labute approximate surface area is 304 Å². The normalized spacial score (nSPS) is 12.4. The van der Waals surface area contributed by atoms with Crippen molar-refractivity contribution in [1.82, 2.24) is 0 Å². The topological polar surface area (TPSA) is 6.48 Å². The molecule has 0 saturated carbocycles. The molecular formula is C50H36N2. The molecule has 52 heavy (non-hydrogen) atoms. The summed E-state index contributed by atoms with van der Waals surface area (Å²) in [7, 11) is 0. The standard InChI is InChI=1S/C50H36N2/c1-3-19-39(20-4-1)51(41-29-27-35-15-7-9-17-37(35)31-41)49-33-47-44-24-12-14-26-46(44)50(34-48(47)43-23-11-13-25-45(43)49)52(40-21-5-2-6-22-40)42-30-28-36-16-8-10-18-38(36)32-42/h1-7,9-15,17-34H,8,16H2. The average molecular weight is 665 g/mol. The number of fused-ring (bicyclic) bond motifs is 7. The Morgan fingerprint density at radius 3 is 1.46 bits per heavy atom. The van der Waals surface area contributed by atoms with Gasteiger partial charge >= 0.3 is 0 Å². The zero-order chi connectivity index (χ0) is 34.4. The number of allylic oxidation sites excluding steroid dienone is 1. The molecule has 0 saturated heterocycles. The predicted octanol–water partition coefficient (Wildman–Crippen LogP) is 14.2. The van der Waals surface area contributed by atoms with Crippen molar-refractivity contribution in [2.45, 2.75) is 12.8 Å². The SMILES string of the molecule is C1=Cc2cc(N(c3ccccc3)c3cc4c5ccccc5c(N(c5ccccc5)c5ccc6ccccc6c5)cc4c4ccccc34)ccc2CC1. The molecule has 10 rings (SSSR count). The molecule has 0 fully saturated rings. The lowest BCUT2D eigenvalue weighted by molar-refractivity contribution is 0.985. The number of nitrogens with zero attached hydrogens (tertiary/aromatic N) is 2. The van der Waals surface area contributed by atoms with Crippen LogP contribution in [-0.4, -0.2) is 0 Å². The van der Waals surface area contributed by atoms with Gasteiger partial charge in [0.05, 0.1) is 11.4 Å². The molecular weight excluding hydrogens is 629 g/mol. The number of para-hydroxylation sites is 2. The molecule has 246 valence electrons. The van der Waals surface area contributed by atoms with Gasteiger partial charge in [0.2, 0.25) is 0 Å². The first-order valence-electron chi connectivity index (χ1n) is 18.2. The molecule has 1 aliphatic rings. The Morgan fingerprint density at radius 2 is 0.846 bits per heavy atom. The third-order valence-corrected chi connectivity index (χ3v) is 10.6. The van der Waals surface area contributed by atoms with E-state index in [1.54, 1.807) is 0 Å². The summed E-state index contributed by atoms with van der Waals surface area (Å²) in [5, 5.41) is 9.80. The highest BCUT2D eigenvalue weighted by Gasteiger charge is 2.22. The summed E-state index contributed by atoms with van der Waals surface area (Å²) in [5.74, 6) is 0. The summed E-state index contributed by atoms with van der Waals surface area (Å²) >= 11 is 0. The molecule has 0 unspecified atom stereocenters. The van der Waals surface area contributed by atoms with Crippen LogP contribution in [0.5, 0.6) is 0 Å². The first-order chi connectivity index (χ1) is 25.8. The van der Waals surface area contributed by atoms with Crippen molar-refractivity contribution >= 4 is 83.3 Å². The predicted molar refractivity (Wildman–Crippen MR) is 223 cm³/mol. The molecule has 0 atom stereocenters. The highest BCUT2D eigenvalue weighted by Crippen LogP contribution is 2.48. The van der Waals surface area contributed by atoms with Crippen LogP contribution in [0.15, 0.2) is 188 Å². The van der Waals surface area contributed by atoms with Crippen molar-refractivity contribution in [2.24, 2.45) is 0 Å². The van der Waals surface area contributed by atoms with Gasteiger partial charge in [-0.2, -0.15) is 0 Å². The Balaban J connectivity index is 1.27. The fraction of sp³-hybridized carbons (Fsp3) is 0.0400. The van der Waals surface area contributed by atoms with Gasteiger partial charge in [0.15, 0.2) is 0 Å². The average Bonchev–Trinajstić information content (AvgIpc) is 3.22. The molecule has 2 nitrogen and oxygen atoms in total. The van der Waals surface area contributed by atoms with Crippen molar-refractivity contribution in [3.05, 3.63) is 199 Å². The number of benzene rings is 9. The van der Waals surface area contributed by atoms with E-state index in [2.05, 4.69) is 204 Å². The minimum absolute atomic E-state index is 1.09. The zero-order valence-electron chi connectivity index (χ0n) is 28.8. The lowest BCUT2D eigenvalue weighted by atomic mass is 9.93. The maximum Gasteiger partial charge on any atom is 0.0546 e. The molecule has 2 heteroatoms. The molecule has 0 aliphatic heterocycles. The van der Waals surface area contributed by atoms with Crippen molar-refractivity contribution in [2.75, 3.05) is 9.80 Å². The van der Waals surface area contributed by atoms with E-state index in [0.717, 1.165) is 41.3 Å². The molecule has 9 aromatic rings. The highest BCUT2D eigenvalue weighted by atomic mass is 15.2. The lowest BCUT2D eigenvalue weighted by Gasteiger charge is -2.30. The largest absolute Gasteiger partial charge is 0.310 e. The van der Waals surface area contributed by atoms with E-state index in [0.29, 0.717) is 0 Å². The van der Waals surface area contributed by atoms with E-state index >= 15 is 0 Å². The van der Waals surface area contributed by atoms with Crippen LogP contribution in [0.25, 0.3) is 49.2 Å². The van der Waals surface area contributed by atoms with E-state index in [1.807, 2.05) is 0 Å². The van der Waals surface area contributed by atoms with Crippen LogP contribution < -0.4 is 9.80 Å². The zero-order valence-corrected chi connectivity index (χ0v) is 28.8. The summed E-state index contributed by atoms with van der Waals surface area (Å²) in [5.41, 5.74) is 9.60. The fourth-order valence-electron chi connectivity index (χ4n) is 8.16. The van der Waals surface area contributed by atoms with Crippen LogP contribution >= 0.6 is 0 Å². The first kappa shape index (κ1) is 30.2. The maximum absolute atomic E-state index is 2.44. The van der Waals surface area contributed by atoms with Gasteiger partial charge in [-0.15, -0.1) is 0 Å². The smallest absolute Gasteiger partial charge is 0.0546 e. The van der Waals surface area contributed by atoms with E-state index in [-0.39, 0.29) is 0 Å². The van der Waals surface area contributed by atoms with Gasteiger partial charge < -0.3 is 9.80 Å². The van der Waals surface area contributed by atoms with E-state index in [1.165, 1.54) is 59.9 Å². The Hall–Kier alpha value is -6.64. The maximum atomic E-state index is 2.44. The Kier molecular flexibility index (Phi) is 7.32. The van der Waals surface area contributed by atoms with E-state index in [9.17, 15) is 0 Å². The second kappa shape index (κ2) is 12.6. The van der Waals surface area contributed by atoms with E-state index < -0.39 is 0 Å². The van der Waals surface area contributed by atoms with Crippen LogP contribution in [0.1, 0.15) is 17.5 Å². The molecule has 9 aromatic carbocycles. The van der Waals surface area contributed by atoms with Crippen molar-refractivity contribution in [3.63, 3.8) is 0 Å². The summed E-state index contributed by atoms with van der Waals surface area (Å²) in [6.07, 6.45) is 6.77. The van der Waals surface area contributed by atoms with Crippen LogP contribution in [0.2, 0.25) is 0 Å². The minimum atomic E-state index is 1.09. The molecule has 0 spiro atoms. The van der Waals surface area contributed by atoms with Crippen LogP contribution in [0, 0.1) is 0 Å². The highest BCUT2D eigenvalue weighted by molar-refractivity contribution is 6.24. The molecule has 0 N–H and O–H groups in total. The van der Waals surface area contributed by atoms with Gasteiger partial charge in [-0.3, -0.25) is 0 Å². The molecule has 0 aromatic heterocycles. The molecule has 1 aliphatic carbocycles. The minimum Gasteiger partial charge on any atom is -0.310 e. The lowest BCUT2D eigenvalue weighted by Crippen LogP contribution is -2.12. The van der Waals surface area contributed by atoms with Gasteiger partial charge in [0, 0.05) is 33.5 Å². The summed E-state index contributed by atoms with van der Waals surface area (Å²) in [4.78, 5) is 4.87. The summed E-state index contributed by atoms with van der Waals surface area (Å²) in [6.45, 7) is 0. The van der Waals surface area contributed by atoms with Crippen LogP contribution in [0.4, 0.5) is 34.1 Å². The fourth-order valence-corrected chi connectivity index (χ4v) is 8.16. The molecule has 0 heterocycles. The van der Waals surface area contributed by atoms with Gasteiger partial charge in [0.1, 0.15) is 0 Å². The van der Waals surface area contributed by atoms with E-state index in [4.69, 9.17) is 0 Å². The summed E-state index contributed by atoms with van der Waals surface area (Å²) in [6, 6.07) is 66.6. The van der Waals surface area contributed by atoms with Crippen molar-refractivity contribution in [1.29, 1.82) is 0 Å². The second-order valence-corrected chi connectivity index (χ2v) is 13.7. The quantitative estimate of drug-likeness (QED) is 0.163. The number of anilines is 6. The first-order valence-corrected chi connectivity index (χ1v) is 18.2. The molecule has 0 radical (unpaired) electrons. The molecule has 0 amide bonds. The van der Waals surface area contributed by atoms with Gasteiger partial charge in [-0.05, 0) is 117 Å². The third kappa shape index (κ3) is 5.11. The Bertz CT molecular complexity index is 2800. The Morgan fingerprint density at radius 1 is 0.346 bits per heavy atom. The van der Waals surface area contributed by atoms with Gasteiger partial charge in [-0.1, -0.05) is 133 Å². The third-order valence-electron chi connectivity index (χ3n) is 10.6. The van der Waals surface area contributed by atoms with Gasteiger partial charge in [-0.25, -0.2) is 0 Å². The number of aryl methyl sites for hydroxylation is 1.